The SMILES string of the molecule is CC(=O)N1CCO[C@H]2[C@H]1c1cc(C#N)ccc1OC2(C)C. The molecule has 0 bridgehead atoms. The minimum absolute atomic E-state index is 0.0133. The molecule has 21 heavy (non-hydrogen) atoms. The van der Waals surface area contributed by atoms with E-state index in [-0.39, 0.29) is 18.1 Å². The fourth-order valence-corrected chi connectivity index (χ4v) is 3.22. The monoisotopic (exact) mass is 286 g/mol. The van der Waals surface area contributed by atoms with Crippen LogP contribution in [0.4, 0.5) is 0 Å². The van der Waals surface area contributed by atoms with Crippen molar-refractivity contribution >= 4 is 5.91 Å². The molecule has 5 heteroatoms. The zero-order chi connectivity index (χ0) is 15.2. The molecule has 0 aromatic heterocycles. The molecule has 0 unspecified atom stereocenters. The Bertz CT molecular complexity index is 633. The van der Waals surface area contributed by atoms with Crippen molar-refractivity contribution in [2.24, 2.45) is 0 Å². The second-order valence-corrected chi connectivity index (χ2v) is 6.02. The summed E-state index contributed by atoms with van der Waals surface area (Å²) in [5.41, 5.74) is 0.887. The maximum absolute atomic E-state index is 12.0. The number of carbonyl (C=O) groups is 1. The highest BCUT2D eigenvalue weighted by atomic mass is 16.6. The van der Waals surface area contributed by atoms with Crippen LogP contribution in [-0.4, -0.2) is 35.7 Å². The van der Waals surface area contributed by atoms with E-state index < -0.39 is 5.60 Å². The summed E-state index contributed by atoms with van der Waals surface area (Å²) < 4.78 is 12.0. The maximum atomic E-state index is 12.0. The Kier molecular flexibility index (Phi) is 3.14. The van der Waals surface area contributed by atoms with Gasteiger partial charge in [-0.1, -0.05) is 0 Å². The number of nitriles is 1. The first kappa shape index (κ1) is 13.9. The van der Waals surface area contributed by atoms with Gasteiger partial charge in [-0.2, -0.15) is 5.26 Å². The molecule has 5 nitrogen and oxygen atoms in total. The average Bonchev–Trinajstić information content (AvgIpc) is 2.46. The second kappa shape index (κ2) is 4.74. The fourth-order valence-electron chi connectivity index (χ4n) is 3.22. The van der Waals surface area contributed by atoms with Gasteiger partial charge in [-0.05, 0) is 32.0 Å². The second-order valence-electron chi connectivity index (χ2n) is 6.02. The molecule has 2 heterocycles. The van der Waals surface area contributed by atoms with Gasteiger partial charge in [0.2, 0.25) is 5.91 Å². The standard InChI is InChI=1S/C16H18N2O3/c1-10(19)18-6-7-20-15-14(18)12-8-11(9-17)4-5-13(12)21-16(15,2)3/h4-5,8,14-15H,6-7H2,1-3H3/t14-,15+/m1/s1. The van der Waals surface area contributed by atoms with Crippen LogP contribution in [0.5, 0.6) is 5.75 Å². The van der Waals surface area contributed by atoms with Crippen LogP contribution < -0.4 is 4.74 Å². The number of benzene rings is 1. The predicted octanol–water partition coefficient (Wildman–Crippen LogP) is 2.02. The molecule has 1 saturated heterocycles. The average molecular weight is 286 g/mol. The van der Waals surface area contributed by atoms with Gasteiger partial charge in [0.1, 0.15) is 17.5 Å². The summed E-state index contributed by atoms with van der Waals surface area (Å²) in [6, 6.07) is 7.27. The first-order chi connectivity index (χ1) is 9.94. The molecule has 2 atom stereocenters. The number of fused-ring (bicyclic) bond motifs is 3. The highest BCUT2D eigenvalue weighted by molar-refractivity contribution is 5.74. The van der Waals surface area contributed by atoms with Crippen LogP contribution in [0.2, 0.25) is 0 Å². The number of nitrogens with zero attached hydrogens (tertiary/aromatic N) is 2. The van der Waals surface area contributed by atoms with Crippen LogP contribution in [-0.2, 0) is 9.53 Å². The highest BCUT2D eigenvalue weighted by Gasteiger charge is 2.49. The maximum Gasteiger partial charge on any atom is 0.220 e. The topological polar surface area (TPSA) is 62.6 Å². The van der Waals surface area contributed by atoms with Crippen molar-refractivity contribution in [3.63, 3.8) is 0 Å². The number of hydrogen-bond acceptors (Lipinski definition) is 4. The van der Waals surface area contributed by atoms with Gasteiger partial charge in [0.05, 0.1) is 24.3 Å². The van der Waals surface area contributed by atoms with Gasteiger partial charge in [0.25, 0.3) is 0 Å². The smallest absolute Gasteiger partial charge is 0.220 e. The summed E-state index contributed by atoms with van der Waals surface area (Å²) in [6.07, 6.45) is -0.239. The van der Waals surface area contributed by atoms with E-state index in [2.05, 4.69) is 6.07 Å². The molecule has 0 saturated carbocycles. The summed E-state index contributed by atoms with van der Waals surface area (Å²) in [5.74, 6) is 0.733. The Morgan fingerprint density at radius 2 is 2.24 bits per heavy atom. The summed E-state index contributed by atoms with van der Waals surface area (Å²) in [6.45, 7) is 6.56. The van der Waals surface area contributed by atoms with Crippen molar-refractivity contribution < 1.29 is 14.3 Å². The largest absolute Gasteiger partial charge is 0.485 e. The van der Waals surface area contributed by atoms with Gasteiger partial charge >= 0.3 is 0 Å². The zero-order valence-corrected chi connectivity index (χ0v) is 12.4. The number of hydrogen-bond donors (Lipinski definition) is 0. The van der Waals surface area contributed by atoms with E-state index in [0.29, 0.717) is 18.7 Å². The number of carbonyl (C=O) groups excluding carboxylic acids is 1. The van der Waals surface area contributed by atoms with Crippen molar-refractivity contribution in [3.05, 3.63) is 29.3 Å². The Morgan fingerprint density at radius 1 is 1.48 bits per heavy atom. The third-order valence-corrected chi connectivity index (χ3v) is 4.17. The molecule has 0 radical (unpaired) electrons. The summed E-state index contributed by atoms with van der Waals surface area (Å²) in [4.78, 5) is 13.8. The minimum atomic E-state index is -0.528. The predicted molar refractivity (Wildman–Crippen MR) is 75.7 cm³/mol. The van der Waals surface area contributed by atoms with Crippen molar-refractivity contribution in [2.75, 3.05) is 13.2 Å². The van der Waals surface area contributed by atoms with Gasteiger partial charge in [0, 0.05) is 19.0 Å². The van der Waals surface area contributed by atoms with E-state index in [1.165, 1.54) is 0 Å². The molecular weight excluding hydrogens is 268 g/mol. The lowest BCUT2D eigenvalue weighted by Crippen LogP contribution is -2.59. The molecule has 110 valence electrons. The van der Waals surface area contributed by atoms with E-state index >= 15 is 0 Å². The van der Waals surface area contributed by atoms with Crippen molar-refractivity contribution in [1.29, 1.82) is 5.26 Å². The van der Waals surface area contributed by atoms with Crippen LogP contribution in [0.1, 0.15) is 37.9 Å². The van der Waals surface area contributed by atoms with E-state index in [4.69, 9.17) is 14.7 Å². The lowest BCUT2D eigenvalue weighted by Gasteiger charge is -2.50. The number of rotatable bonds is 0. The lowest BCUT2D eigenvalue weighted by molar-refractivity contribution is -0.173. The molecule has 2 aliphatic rings. The van der Waals surface area contributed by atoms with Crippen LogP contribution in [0.15, 0.2) is 18.2 Å². The van der Waals surface area contributed by atoms with E-state index in [0.717, 1.165) is 11.3 Å². The third-order valence-electron chi connectivity index (χ3n) is 4.17. The third kappa shape index (κ3) is 2.16. The summed E-state index contributed by atoms with van der Waals surface area (Å²) in [5, 5.41) is 9.11. The van der Waals surface area contributed by atoms with Crippen molar-refractivity contribution in [3.8, 4) is 11.8 Å². The van der Waals surface area contributed by atoms with Crippen LogP contribution in [0, 0.1) is 11.3 Å². The molecule has 1 amide bonds. The van der Waals surface area contributed by atoms with Crippen LogP contribution in [0.3, 0.4) is 0 Å². The normalized spacial score (nSPS) is 26.1. The Balaban J connectivity index is 2.16. The quantitative estimate of drug-likeness (QED) is 0.732. The van der Waals surface area contributed by atoms with Crippen molar-refractivity contribution in [1.82, 2.24) is 4.90 Å². The minimum Gasteiger partial charge on any atom is -0.485 e. The van der Waals surface area contributed by atoms with Gasteiger partial charge in [-0.3, -0.25) is 4.79 Å². The summed E-state index contributed by atoms with van der Waals surface area (Å²) >= 11 is 0. The van der Waals surface area contributed by atoms with Crippen LogP contribution in [0.25, 0.3) is 0 Å². The molecule has 1 aromatic rings. The number of amides is 1. The van der Waals surface area contributed by atoms with Crippen molar-refractivity contribution in [2.45, 2.75) is 38.5 Å². The van der Waals surface area contributed by atoms with E-state index in [1.54, 1.807) is 25.1 Å². The zero-order valence-electron chi connectivity index (χ0n) is 12.4. The van der Waals surface area contributed by atoms with E-state index in [1.807, 2.05) is 18.7 Å². The van der Waals surface area contributed by atoms with Gasteiger partial charge in [-0.15, -0.1) is 0 Å². The van der Waals surface area contributed by atoms with E-state index in [9.17, 15) is 4.79 Å². The first-order valence-electron chi connectivity index (χ1n) is 7.06. The van der Waals surface area contributed by atoms with Gasteiger partial charge in [0.15, 0.2) is 0 Å². The van der Waals surface area contributed by atoms with Gasteiger partial charge in [-0.25, -0.2) is 0 Å². The Labute approximate surface area is 124 Å². The Hall–Kier alpha value is -2.06. The molecule has 0 spiro atoms. The molecule has 1 aromatic carbocycles. The first-order valence-corrected chi connectivity index (χ1v) is 7.06. The number of ether oxygens (including phenoxy) is 2. The molecule has 2 aliphatic heterocycles. The Morgan fingerprint density at radius 3 is 2.90 bits per heavy atom. The highest BCUT2D eigenvalue weighted by Crippen LogP contribution is 2.45. The fraction of sp³-hybridized carbons (Fsp3) is 0.500. The molecule has 3 rings (SSSR count). The summed E-state index contributed by atoms with van der Waals surface area (Å²) in [7, 11) is 0. The molecule has 0 N–H and O–H groups in total. The molecule has 1 fully saturated rings. The van der Waals surface area contributed by atoms with Crippen LogP contribution >= 0.6 is 0 Å². The van der Waals surface area contributed by atoms with Gasteiger partial charge < -0.3 is 14.4 Å². The lowest BCUT2D eigenvalue weighted by atomic mass is 9.84. The number of morpholine rings is 1. The molecule has 0 aliphatic carbocycles. The molecular formula is C16H18N2O3.